The highest BCUT2D eigenvalue weighted by Crippen LogP contribution is 2.21. The Labute approximate surface area is 147 Å². The number of para-hydroxylation sites is 2. The van der Waals surface area contributed by atoms with E-state index in [1.807, 2.05) is 62.4 Å². The van der Waals surface area contributed by atoms with E-state index in [-0.39, 0.29) is 5.91 Å². The van der Waals surface area contributed by atoms with Gasteiger partial charge < -0.3 is 10.6 Å². The summed E-state index contributed by atoms with van der Waals surface area (Å²) in [6, 6.07) is 17.3. The molecule has 0 radical (unpaired) electrons. The highest BCUT2D eigenvalue weighted by Gasteiger charge is 2.13. The summed E-state index contributed by atoms with van der Waals surface area (Å²) < 4.78 is 0. The lowest BCUT2D eigenvalue weighted by molar-refractivity contribution is 0.102. The molecule has 0 saturated heterocycles. The van der Waals surface area contributed by atoms with Crippen LogP contribution in [0.4, 0.5) is 17.2 Å². The standard InChI is InChI=1S/C20H20N4O/c1-13-8-7-9-14(2)19(13)24-20(25)17-12-18(22-15(3)21-17)23-16-10-5-4-6-11-16/h4-12H,1-3H3,(H,24,25)(H,21,22,23). The fourth-order valence-electron chi connectivity index (χ4n) is 2.61. The van der Waals surface area contributed by atoms with Gasteiger partial charge in [-0.05, 0) is 44.0 Å². The summed E-state index contributed by atoms with van der Waals surface area (Å²) in [5, 5.41) is 6.15. The largest absolute Gasteiger partial charge is 0.340 e. The molecule has 2 aromatic carbocycles. The number of carbonyl (C=O) groups excluding carboxylic acids is 1. The van der Waals surface area contributed by atoms with Crippen molar-refractivity contribution in [3.8, 4) is 0 Å². The molecule has 25 heavy (non-hydrogen) atoms. The van der Waals surface area contributed by atoms with Gasteiger partial charge in [-0.15, -0.1) is 0 Å². The highest BCUT2D eigenvalue weighted by atomic mass is 16.1. The number of anilines is 3. The average molecular weight is 332 g/mol. The summed E-state index contributed by atoms with van der Waals surface area (Å²) in [4.78, 5) is 21.3. The van der Waals surface area contributed by atoms with Crippen molar-refractivity contribution >= 4 is 23.1 Å². The lowest BCUT2D eigenvalue weighted by Crippen LogP contribution is -2.16. The quantitative estimate of drug-likeness (QED) is 0.743. The molecule has 1 heterocycles. The van der Waals surface area contributed by atoms with Crippen molar-refractivity contribution in [1.29, 1.82) is 0 Å². The SMILES string of the molecule is Cc1nc(Nc2ccccc2)cc(C(=O)Nc2c(C)cccc2C)n1. The second-order valence-corrected chi connectivity index (χ2v) is 5.90. The van der Waals surface area contributed by atoms with Crippen molar-refractivity contribution in [2.24, 2.45) is 0 Å². The van der Waals surface area contributed by atoms with Gasteiger partial charge in [0.15, 0.2) is 0 Å². The van der Waals surface area contributed by atoms with E-state index >= 15 is 0 Å². The van der Waals surface area contributed by atoms with E-state index in [0.717, 1.165) is 22.5 Å². The number of aryl methyl sites for hydroxylation is 3. The molecule has 126 valence electrons. The molecule has 0 aliphatic carbocycles. The number of aromatic nitrogens is 2. The minimum atomic E-state index is -0.251. The third-order valence-corrected chi connectivity index (χ3v) is 3.84. The zero-order valence-corrected chi connectivity index (χ0v) is 14.5. The molecule has 0 unspecified atom stereocenters. The summed E-state index contributed by atoms with van der Waals surface area (Å²) in [7, 11) is 0. The molecule has 0 fully saturated rings. The first-order valence-corrected chi connectivity index (χ1v) is 8.08. The monoisotopic (exact) mass is 332 g/mol. The van der Waals surface area contributed by atoms with Gasteiger partial charge in [-0.1, -0.05) is 36.4 Å². The summed E-state index contributed by atoms with van der Waals surface area (Å²) in [6.45, 7) is 5.71. The number of carbonyl (C=O) groups is 1. The van der Waals surface area contributed by atoms with E-state index in [9.17, 15) is 4.79 Å². The maximum atomic E-state index is 12.6. The maximum Gasteiger partial charge on any atom is 0.274 e. The van der Waals surface area contributed by atoms with E-state index in [0.29, 0.717) is 17.3 Å². The maximum absolute atomic E-state index is 12.6. The molecule has 5 heteroatoms. The normalized spacial score (nSPS) is 10.4. The van der Waals surface area contributed by atoms with Crippen molar-refractivity contribution in [3.05, 3.63) is 77.2 Å². The molecule has 0 aliphatic heterocycles. The molecular formula is C20H20N4O. The van der Waals surface area contributed by atoms with Crippen LogP contribution in [0.2, 0.25) is 0 Å². The van der Waals surface area contributed by atoms with Crippen LogP contribution in [0.25, 0.3) is 0 Å². The predicted octanol–water partition coefficient (Wildman–Crippen LogP) is 4.40. The predicted molar refractivity (Wildman–Crippen MR) is 100 cm³/mol. The smallest absolute Gasteiger partial charge is 0.274 e. The van der Waals surface area contributed by atoms with Crippen molar-refractivity contribution in [1.82, 2.24) is 9.97 Å². The van der Waals surface area contributed by atoms with Gasteiger partial charge in [-0.25, -0.2) is 9.97 Å². The van der Waals surface area contributed by atoms with Gasteiger partial charge in [0.25, 0.3) is 5.91 Å². The Kier molecular flexibility index (Phi) is 4.75. The van der Waals surface area contributed by atoms with Gasteiger partial charge in [0.05, 0.1) is 0 Å². The van der Waals surface area contributed by atoms with E-state index in [1.165, 1.54) is 0 Å². The van der Waals surface area contributed by atoms with Gasteiger partial charge in [0, 0.05) is 17.4 Å². The fraction of sp³-hybridized carbons (Fsp3) is 0.150. The molecule has 3 rings (SSSR count). The van der Waals surface area contributed by atoms with Crippen LogP contribution in [-0.2, 0) is 0 Å². The lowest BCUT2D eigenvalue weighted by atomic mass is 10.1. The Morgan fingerprint density at radius 1 is 0.880 bits per heavy atom. The molecule has 0 saturated carbocycles. The van der Waals surface area contributed by atoms with E-state index < -0.39 is 0 Å². The van der Waals surface area contributed by atoms with Gasteiger partial charge in [0.1, 0.15) is 17.3 Å². The first-order valence-electron chi connectivity index (χ1n) is 8.08. The highest BCUT2D eigenvalue weighted by molar-refractivity contribution is 6.04. The summed E-state index contributed by atoms with van der Waals surface area (Å²) in [5.41, 5.74) is 4.08. The minimum Gasteiger partial charge on any atom is -0.340 e. The van der Waals surface area contributed by atoms with Crippen LogP contribution in [-0.4, -0.2) is 15.9 Å². The number of benzene rings is 2. The van der Waals surface area contributed by atoms with Gasteiger partial charge in [-0.3, -0.25) is 4.79 Å². The molecule has 0 atom stereocenters. The molecule has 1 amide bonds. The zero-order valence-electron chi connectivity index (χ0n) is 14.5. The topological polar surface area (TPSA) is 66.9 Å². The molecule has 5 nitrogen and oxygen atoms in total. The molecule has 3 aromatic rings. The van der Waals surface area contributed by atoms with Crippen LogP contribution in [0.15, 0.2) is 54.6 Å². The van der Waals surface area contributed by atoms with Crippen LogP contribution in [0, 0.1) is 20.8 Å². The van der Waals surface area contributed by atoms with Crippen molar-refractivity contribution < 1.29 is 4.79 Å². The first-order chi connectivity index (χ1) is 12.0. The van der Waals surface area contributed by atoms with Crippen LogP contribution in [0.1, 0.15) is 27.4 Å². The molecule has 2 N–H and O–H groups in total. The van der Waals surface area contributed by atoms with Gasteiger partial charge in [-0.2, -0.15) is 0 Å². The zero-order chi connectivity index (χ0) is 17.8. The molecule has 0 spiro atoms. The number of hydrogen-bond donors (Lipinski definition) is 2. The first kappa shape index (κ1) is 16.6. The molecular weight excluding hydrogens is 312 g/mol. The van der Waals surface area contributed by atoms with Crippen molar-refractivity contribution in [2.45, 2.75) is 20.8 Å². The molecule has 0 aliphatic rings. The van der Waals surface area contributed by atoms with E-state index in [4.69, 9.17) is 0 Å². The summed E-state index contributed by atoms with van der Waals surface area (Å²) >= 11 is 0. The number of hydrogen-bond acceptors (Lipinski definition) is 4. The van der Waals surface area contributed by atoms with Crippen molar-refractivity contribution in [3.63, 3.8) is 0 Å². The van der Waals surface area contributed by atoms with E-state index in [1.54, 1.807) is 13.0 Å². The second kappa shape index (κ2) is 7.13. The van der Waals surface area contributed by atoms with Crippen molar-refractivity contribution in [2.75, 3.05) is 10.6 Å². The van der Waals surface area contributed by atoms with E-state index in [2.05, 4.69) is 20.6 Å². The lowest BCUT2D eigenvalue weighted by Gasteiger charge is -2.12. The Balaban J connectivity index is 1.85. The average Bonchev–Trinajstić information content (AvgIpc) is 2.58. The van der Waals surface area contributed by atoms with Crippen LogP contribution < -0.4 is 10.6 Å². The second-order valence-electron chi connectivity index (χ2n) is 5.90. The Morgan fingerprint density at radius 3 is 2.24 bits per heavy atom. The van der Waals surface area contributed by atoms with Gasteiger partial charge in [0.2, 0.25) is 0 Å². The Morgan fingerprint density at radius 2 is 1.56 bits per heavy atom. The minimum absolute atomic E-state index is 0.251. The summed E-state index contributed by atoms with van der Waals surface area (Å²) in [6.07, 6.45) is 0. The number of nitrogens with zero attached hydrogens (tertiary/aromatic N) is 2. The molecule has 1 aromatic heterocycles. The van der Waals surface area contributed by atoms with Crippen LogP contribution in [0.3, 0.4) is 0 Å². The number of amides is 1. The number of rotatable bonds is 4. The van der Waals surface area contributed by atoms with Crippen LogP contribution in [0.5, 0.6) is 0 Å². The summed E-state index contributed by atoms with van der Waals surface area (Å²) in [5.74, 6) is 0.872. The molecule has 0 bridgehead atoms. The van der Waals surface area contributed by atoms with Gasteiger partial charge >= 0.3 is 0 Å². The number of nitrogens with one attached hydrogen (secondary N) is 2. The third kappa shape index (κ3) is 4.01. The Hall–Kier alpha value is -3.21. The third-order valence-electron chi connectivity index (χ3n) is 3.84. The Bertz CT molecular complexity index is 887. The van der Waals surface area contributed by atoms with Crippen LogP contribution >= 0.6 is 0 Å². The fourth-order valence-corrected chi connectivity index (χ4v) is 2.61.